The molecule has 0 amide bonds. The first-order valence-electron chi connectivity index (χ1n) is 3.33. The molecule has 0 aliphatic rings. The van der Waals surface area contributed by atoms with Gasteiger partial charge in [0, 0.05) is 12.1 Å². The molecule has 0 bridgehead atoms. The van der Waals surface area contributed by atoms with Gasteiger partial charge in [-0.1, -0.05) is 25.1 Å². The SMILES string of the molecule is C=C(/C=C/Cl)CN(C)CC. The summed E-state index contributed by atoms with van der Waals surface area (Å²) in [5.74, 6) is 0. The van der Waals surface area contributed by atoms with Gasteiger partial charge < -0.3 is 4.90 Å². The van der Waals surface area contributed by atoms with E-state index in [1.807, 2.05) is 13.1 Å². The molecule has 2 heteroatoms. The van der Waals surface area contributed by atoms with Crippen LogP contribution in [0, 0.1) is 0 Å². The molecule has 0 spiro atoms. The summed E-state index contributed by atoms with van der Waals surface area (Å²) >= 11 is 5.36. The average molecular weight is 160 g/mol. The molecule has 0 aromatic heterocycles. The zero-order chi connectivity index (χ0) is 7.98. The Morgan fingerprint density at radius 2 is 2.30 bits per heavy atom. The van der Waals surface area contributed by atoms with Crippen LogP contribution in [0.15, 0.2) is 23.8 Å². The van der Waals surface area contributed by atoms with Crippen molar-refractivity contribution in [1.82, 2.24) is 4.90 Å². The van der Waals surface area contributed by atoms with E-state index in [2.05, 4.69) is 18.4 Å². The van der Waals surface area contributed by atoms with Gasteiger partial charge >= 0.3 is 0 Å². The van der Waals surface area contributed by atoms with Crippen LogP contribution in [0.3, 0.4) is 0 Å². The van der Waals surface area contributed by atoms with Crippen LogP contribution in [0.2, 0.25) is 0 Å². The number of likely N-dealkylation sites (N-methyl/N-ethyl adjacent to an activating group) is 1. The van der Waals surface area contributed by atoms with Gasteiger partial charge in [-0.2, -0.15) is 0 Å². The van der Waals surface area contributed by atoms with E-state index in [1.165, 1.54) is 5.54 Å². The summed E-state index contributed by atoms with van der Waals surface area (Å²) in [6.45, 7) is 7.85. The Kier molecular flexibility index (Phi) is 5.36. The van der Waals surface area contributed by atoms with Crippen LogP contribution in [0.5, 0.6) is 0 Å². The Labute approximate surface area is 68.0 Å². The van der Waals surface area contributed by atoms with Crippen molar-refractivity contribution in [1.29, 1.82) is 0 Å². The summed E-state index contributed by atoms with van der Waals surface area (Å²) in [7, 11) is 2.05. The van der Waals surface area contributed by atoms with Gasteiger partial charge in [0.1, 0.15) is 0 Å². The van der Waals surface area contributed by atoms with E-state index in [0.717, 1.165) is 18.7 Å². The van der Waals surface area contributed by atoms with Gasteiger partial charge in [0.15, 0.2) is 0 Å². The molecule has 0 aliphatic carbocycles. The number of hydrogen-bond donors (Lipinski definition) is 0. The van der Waals surface area contributed by atoms with Crippen LogP contribution >= 0.6 is 11.6 Å². The maximum atomic E-state index is 5.36. The minimum absolute atomic E-state index is 0.889. The zero-order valence-corrected chi connectivity index (χ0v) is 7.36. The van der Waals surface area contributed by atoms with Crippen molar-refractivity contribution in [2.75, 3.05) is 20.1 Å². The van der Waals surface area contributed by atoms with Gasteiger partial charge in [-0.05, 0) is 25.2 Å². The first-order chi connectivity index (χ1) is 4.70. The Balaban J connectivity index is 3.57. The predicted octanol–water partition coefficient (Wildman–Crippen LogP) is 2.25. The molecule has 0 saturated heterocycles. The van der Waals surface area contributed by atoms with Crippen LogP contribution in [-0.2, 0) is 0 Å². The normalized spacial score (nSPS) is 11.2. The van der Waals surface area contributed by atoms with Crippen molar-refractivity contribution in [2.24, 2.45) is 0 Å². The summed E-state index contributed by atoms with van der Waals surface area (Å²) in [6.07, 6.45) is 1.81. The lowest BCUT2D eigenvalue weighted by molar-refractivity contribution is 0.387. The maximum Gasteiger partial charge on any atom is 0.0225 e. The van der Waals surface area contributed by atoms with Crippen molar-refractivity contribution in [3.05, 3.63) is 23.8 Å². The van der Waals surface area contributed by atoms with Gasteiger partial charge in [-0.3, -0.25) is 0 Å². The smallest absolute Gasteiger partial charge is 0.0225 e. The van der Waals surface area contributed by atoms with Crippen molar-refractivity contribution >= 4 is 11.6 Å². The fourth-order valence-electron chi connectivity index (χ4n) is 0.600. The second-order valence-electron chi connectivity index (χ2n) is 2.28. The lowest BCUT2D eigenvalue weighted by Crippen LogP contribution is -2.19. The molecular weight excluding hydrogens is 146 g/mol. The highest BCUT2D eigenvalue weighted by Crippen LogP contribution is 1.96. The summed E-state index contributed by atoms with van der Waals surface area (Å²) in [4.78, 5) is 2.17. The third-order valence-corrected chi connectivity index (χ3v) is 1.44. The summed E-state index contributed by atoms with van der Waals surface area (Å²) in [5, 5.41) is 0. The lowest BCUT2D eigenvalue weighted by atomic mass is 10.3. The molecule has 0 aromatic rings. The topological polar surface area (TPSA) is 3.24 Å². The monoisotopic (exact) mass is 159 g/mol. The highest BCUT2D eigenvalue weighted by molar-refractivity contribution is 6.25. The second kappa shape index (κ2) is 5.51. The molecule has 0 unspecified atom stereocenters. The molecule has 0 aliphatic heterocycles. The molecule has 0 saturated carbocycles. The minimum atomic E-state index is 0.889. The summed E-state index contributed by atoms with van der Waals surface area (Å²) in [6, 6.07) is 0. The fraction of sp³-hybridized carbons (Fsp3) is 0.500. The molecule has 0 atom stereocenters. The van der Waals surface area contributed by atoms with E-state index in [4.69, 9.17) is 11.6 Å². The number of rotatable bonds is 4. The number of nitrogens with zero attached hydrogens (tertiary/aromatic N) is 1. The van der Waals surface area contributed by atoms with Gasteiger partial charge in [0.05, 0.1) is 0 Å². The van der Waals surface area contributed by atoms with E-state index in [9.17, 15) is 0 Å². The lowest BCUT2D eigenvalue weighted by Gasteiger charge is -2.12. The molecule has 0 rings (SSSR count). The van der Waals surface area contributed by atoms with Crippen molar-refractivity contribution in [2.45, 2.75) is 6.92 Å². The molecule has 1 nitrogen and oxygen atoms in total. The first-order valence-corrected chi connectivity index (χ1v) is 3.77. The molecule has 58 valence electrons. The quantitative estimate of drug-likeness (QED) is 0.569. The highest BCUT2D eigenvalue weighted by atomic mass is 35.5. The fourth-order valence-corrected chi connectivity index (χ4v) is 0.778. The Morgan fingerprint density at radius 3 is 2.70 bits per heavy atom. The molecule has 0 radical (unpaired) electrons. The number of halogens is 1. The molecule has 0 heterocycles. The molecule has 0 N–H and O–H groups in total. The van der Waals surface area contributed by atoms with Crippen LogP contribution in [-0.4, -0.2) is 25.0 Å². The summed E-state index contributed by atoms with van der Waals surface area (Å²) in [5.41, 5.74) is 2.53. The Hall–Kier alpha value is -0.270. The van der Waals surface area contributed by atoms with Crippen molar-refractivity contribution in [3.8, 4) is 0 Å². The average Bonchev–Trinajstić information content (AvgIpc) is 1.88. The van der Waals surface area contributed by atoms with E-state index < -0.39 is 0 Å². The standard InChI is InChI=1S/C8H14ClN/c1-4-10(3)7-8(2)5-6-9/h5-6H,2,4,7H2,1,3H3/b6-5+. The van der Waals surface area contributed by atoms with E-state index in [0.29, 0.717) is 0 Å². The molecule has 0 fully saturated rings. The highest BCUT2D eigenvalue weighted by Gasteiger charge is 1.93. The predicted molar refractivity (Wildman–Crippen MR) is 47.3 cm³/mol. The van der Waals surface area contributed by atoms with Gasteiger partial charge in [0.2, 0.25) is 0 Å². The molecule has 10 heavy (non-hydrogen) atoms. The third-order valence-electron chi connectivity index (χ3n) is 1.31. The number of hydrogen-bond acceptors (Lipinski definition) is 1. The third kappa shape index (κ3) is 4.59. The van der Waals surface area contributed by atoms with Crippen LogP contribution in [0.4, 0.5) is 0 Å². The Bertz CT molecular complexity index is 129. The van der Waals surface area contributed by atoms with E-state index >= 15 is 0 Å². The van der Waals surface area contributed by atoms with E-state index in [-0.39, 0.29) is 0 Å². The van der Waals surface area contributed by atoms with Crippen molar-refractivity contribution in [3.63, 3.8) is 0 Å². The van der Waals surface area contributed by atoms with Gasteiger partial charge in [-0.15, -0.1) is 0 Å². The summed E-state index contributed by atoms with van der Waals surface area (Å²) < 4.78 is 0. The Morgan fingerprint density at radius 1 is 1.70 bits per heavy atom. The second-order valence-corrected chi connectivity index (χ2v) is 2.53. The zero-order valence-electron chi connectivity index (χ0n) is 6.60. The van der Waals surface area contributed by atoms with Crippen LogP contribution < -0.4 is 0 Å². The largest absolute Gasteiger partial charge is 0.302 e. The minimum Gasteiger partial charge on any atom is -0.302 e. The van der Waals surface area contributed by atoms with Crippen molar-refractivity contribution < 1.29 is 0 Å². The van der Waals surface area contributed by atoms with Gasteiger partial charge in [0.25, 0.3) is 0 Å². The maximum absolute atomic E-state index is 5.36. The van der Waals surface area contributed by atoms with Crippen LogP contribution in [0.25, 0.3) is 0 Å². The molecule has 0 aromatic carbocycles. The first kappa shape index (κ1) is 9.73. The molecular formula is C8H14ClN. The van der Waals surface area contributed by atoms with Crippen LogP contribution in [0.1, 0.15) is 6.92 Å². The van der Waals surface area contributed by atoms with Gasteiger partial charge in [-0.25, -0.2) is 0 Å². The van der Waals surface area contributed by atoms with E-state index in [1.54, 1.807) is 0 Å².